The molecule has 0 aliphatic carbocycles. The lowest BCUT2D eigenvalue weighted by Gasteiger charge is -2.09. The Balaban J connectivity index is 2.19. The van der Waals surface area contributed by atoms with Crippen molar-refractivity contribution in [2.75, 3.05) is 11.6 Å². The van der Waals surface area contributed by atoms with Crippen LogP contribution in [0.5, 0.6) is 5.75 Å². The summed E-state index contributed by atoms with van der Waals surface area (Å²) in [5.74, 6) is 4.76. The molecule has 0 fully saturated rings. The van der Waals surface area contributed by atoms with Crippen LogP contribution in [0.25, 0.3) is 0 Å². The zero-order valence-corrected chi connectivity index (χ0v) is 14.1. The lowest BCUT2D eigenvalue weighted by Crippen LogP contribution is -2.10. The van der Waals surface area contributed by atoms with Crippen LogP contribution in [0, 0.1) is 11.8 Å². The fourth-order valence-electron chi connectivity index (χ4n) is 2.04. The van der Waals surface area contributed by atoms with E-state index >= 15 is 0 Å². The molecule has 6 nitrogen and oxygen atoms in total. The van der Waals surface area contributed by atoms with Gasteiger partial charge in [-0.25, -0.2) is 8.42 Å². The molecule has 24 heavy (non-hydrogen) atoms. The number of aromatic hydroxyl groups is 1. The van der Waals surface area contributed by atoms with Gasteiger partial charge in [0.15, 0.2) is 15.6 Å². The molecule has 1 heterocycles. The van der Waals surface area contributed by atoms with Crippen molar-refractivity contribution in [3.8, 4) is 17.6 Å². The van der Waals surface area contributed by atoms with Crippen molar-refractivity contribution in [3.05, 3.63) is 57.6 Å². The Morgan fingerprint density at radius 1 is 1.25 bits per heavy atom. The van der Waals surface area contributed by atoms with Crippen molar-refractivity contribution >= 4 is 15.5 Å². The average molecular weight is 347 g/mol. The molecule has 0 atom stereocenters. The topological polar surface area (TPSA) is 96.6 Å². The maximum atomic E-state index is 11.7. The molecule has 0 spiro atoms. The highest BCUT2D eigenvalue weighted by molar-refractivity contribution is 7.89. The molecule has 0 radical (unpaired) electrons. The van der Waals surface area contributed by atoms with Gasteiger partial charge < -0.3 is 14.8 Å². The fourth-order valence-corrected chi connectivity index (χ4v) is 2.69. The molecule has 2 aromatic rings. The van der Waals surface area contributed by atoms with Crippen LogP contribution in [0.4, 0.5) is 5.69 Å². The second-order valence-electron chi connectivity index (χ2n) is 5.22. The van der Waals surface area contributed by atoms with Crippen LogP contribution in [0.2, 0.25) is 0 Å². The van der Waals surface area contributed by atoms with Gasteiger partial charge in [0.05, 0.1) is 6.54 Å². The van der Waals surface area contributed by atoms with Gasteiger partial charge in [0, 0.05) is 23.6 Å². The summed E-state index contributed by atoms with van der Waals surface area (Å²) >= 11 is 0. The maximum Gasteiger partial charge on any atom is 0.227 e. The van der Waals surface area contributed by atoms with Crippen LogP contribution in [0.1, 0.15) is 24.0 Å². The lowest BCUT2D eigenvalue weighted by atomic mass is 10.2. The van der Waals surface area contributed by atoms with E-state index in [0.29, 0.717) is 0 Å². The summed E-state index contributed by atoms with van der Waals surface area (Å²) in [6, 6.07) is 8.24. The summed E-state index contributed by atoms with van der Waals surface area (Å²) in [7, 11) is -3.35. The average Bonchev–Trinajstić information content (AvgIpc) is 2.49. The number of hydrogen-bond donors (Lipinski definition) is 2. The molecule has 0 saturated carbocycles. The third kappa shape index (κ3) is 4.89. The molecular formula is C17H17NO5S. The van der Waals surface area contributed by atoms with Crippen LogP contribution in [0.3, 0.4) is 0 Å². The van der Waals surface area contributed by atoms with Gasteiger partial charge in [0.1, 0.15) is 11.5 Å². The van der Waals surface area contributed by atoms with E-state index in [0.717, 1.165) is 23.6 Å². The Morgan fingerprint density at radius 3 is 2.50 bits per heavy atom. The summed E-state index contributed by atoms with van der Waals surface area (Å²) in [4.78, 5) is 11.7. The highest BCUT2D eigenvalue weighted by atomic mass is 32.2. The number of benzene rings is 1. The molecule has 0 aliphatic rings. The number of sulfone groups is 1. The van der Waals surface area contributed by atoms with Gasteiger partial charge >= 0.3 is 0 Å². The molecule has 0 unspecified atom stereocenters. The van der Waals surface area contributed by atoms with E-state index in [-0.39, 0.29) is 18.1 Å². The summed E-state index contributed by atoms with van der Waals surface area (Å²) in [6.45, 7) is 1.79. The number of rotatable bonds is 5. The molecule has 1 aromatic heterocycles. The lowest BCUT2D eigenvalue weighted by molar-refractivity contribution is 0.390. The van der Waals surface area contributed by atoms with Crippen molar-refractivity contribution in [2.45, 2.75) is 19.2 Å². The number of nitrogens with one attached hydrogen (secondary N) is 1. The van der Waals surface area contributed by atoms with E-state index < -0.39 is 26.8 Å². The van der Waals surface area contributed by atoms with E-state index in [1.165, 1.54) is 0 Å². The molecular weight excluding hydrogens is 330 g/mol. The van der Waals surface area contributed by atoms with E-state index in [1.807, 2.05) is 12.1 Å². The third-order valence-electron chi connectivity index (χ3n) is 3.06. The van der Waals surface area contributed by atoms with Gasteiger partial charge in [-0.1, -0.05) is 5.92 Å². The summed E-state index contributed by atoms with van der Waals surface area (Å²) < 4.78 is 28.0. The fraction of sp³-hybridized carbons (Fsp3) is 0.235. The van der Waals surface area contributed by atoms with Gasteiger partial charge in [-0.15, -0.1) is 5.92 Å². The second-order valence-corrected chi connectivity index (χ2v) is 7.36. The van der Waals surface area contributed by atoms with Crippen LogP contribution < -0.4 is 10.7 Å². The summed E-state index contributed by atoms with van der Waals surface area (Å²) in [6.07, 6.45) is 1.04. The van der Waals surface area contributed by atoms with Crippen molar-refractivity contribution in [1.82, 2.24) is 0 Å². The standard InChI is InChI=1S/C17H17NO5S/c1-3-4-12-5-7-13(8-6-12)18-10-16-17(20)15(19)9-14(23-16)11-24(2,21)22/h5-9,18,20H,10-11H2,1-2H3. The normalized spacial score (nSPS) is 10.8. The first-order valence-electron chi connectivity index (χ1n) is 7.08. The second kappa shape index (κ2) is 7.23. The van der Waals surface area contributed by atoms with E-state index in [2.05, 4.69) is 17.2 Å². The molecule has 7 heteroatoms. The van der Waals surface area contributed by atoms with Crippen LogP contribution in [0.15, 0.2) is 39.5 Å². The highest BCUT2D eigenvalue weighted by Gasteiger charge is 2.14. The van der Waals surface area contributed by atoms with Gasteiger partial charge in [-0.3, -0.25) is 4.79 Å². The monoisotopic (exact) mass is 347 g/mol. The summed E-state index contributed by atoms with van der Waals surface area (Å²) in [5, 5.41) is 12.8. The minimum Gasteiger partial charge on any atom is -0.502 e. The molecule has 2 N–H and O–H groups in total. The Hall–Kier alpha value is -2.72. The first kappa shape index (κ1) is 17.6. The van der Waals surface area contributed by atoms with Crippen LogP contribution in [-0.2, 0) is 22.1 Å². The zero-order valence-electron chi connectivity index (χ0n) is 13.3. The molecule has 0 aliphatic heterocycles. The smallest absolute Gasteiger partial charge is 0.227 e. The minimum atomic E-state index is -3.35. The highest BCUT2D eigenvalue weighted by Crippen LogP contribution is 2.18. The molecule has 0 saturated heterocycles. The Labute approximate surface area is 140 Å². The molecule has 126 valence electrons. The van der Waals surface area contributed by atoms with Crippen LogP contribution >= 0.6 is 0 Å². The first-order valence-corrected chi connectivity index (χ1v) is 9.14. The van der Waals surface area contributed by atoms with Crippen molar-refractivity contribution in [1.29, 1.82) is 0 Å². The van der Waals surface area contributed by atoms with E-state index in [9.17, 15) is 18.3 Å². The molecule has 1 aromatic carbocycles. The molecule has 0 amide bonds. The third-order valence-corrected chi connectivity index (χ3v) is 3.86. The minimum absolute atomic E-state index is 0.00864. The Morgan fingerprint density at radius 2 is 1.92 bits per heavy atom. The Kier molecular flexibility index (Phi) is 5.31. The number of hydrogen-bond acceptors (Lipinski definition) is 6. The first-order chi connectivity index (χ1) is 11.3. The SMILES string of the molecule is CC#Cc1ccc(NCc2oc(CS(C)(=O)=O)cc(=O)c2O)cc1. The maximum absolute atomic E-state index is 11.7. The van der Waals surface area contributed by atoms with Crippen molar-refractivity contribution < 1.29 is 17.9 Å². The van der Waals surface area contributed by atoms with Crippen LogP contribution in [-0.4, -0.2) is 19.8 Å². The predicted octanol–water partition coefficient (Wildman–Crippen LogP) is 1.87. The van der Waals surface area contributed by atoms with Crippen molar-refractivity contribution in [3.63, 3.8) is 0 Å². The van der Waals surface area contributed by atoms with Crippen molar-refractivity contribution in [2.24, 2.45) is 0 Å². The quantitative estimate of drug-likeness (QED) is 0.802. The Bertz CT molecular complexity index is 947. The summed E-state index contributed by atoms with van der Waals surface area (Å²) in [5.41, 5.74) is 0.935. The van der Waals surface area contributed by atoms with E-state index in [4.69, 9.17) is 4.42 Å². The van der Waals surface area contributed by atoms with Gasteiger partial charge in [-0.2, -0.15) is 0 Å². The van der Waals surface area contributed by atoms with Gasteiger partial charge in [0.2, 0.25) is 11.2 Å². The number of anilines is 1. The zero-order chi connectivity index (χ0) is 17.7. The largest absolute Gasteiger partial charge is 0.502 e. The predicted molar refractivity (Wildman–Crippen MR) is 91.5 cm³/mol. The molecule has 2 rings (SSSR count). The van der Waals surface area contributed by atoms with Gasteiger partial charge in [0.25, 0.3) is 0 Å². The van der Waals surface area contributed by atoms with E-state index in [1.54, 1.807) is 19.1 Å². The van der Waals surface area contributed by atoms with Gasteiger partial charge in [-0.05, 0) is 31.2 Å². The molecule has 0 bridgehead atoms.